The normalized spacial score (nSPS) is 11.9. The highest BCUT2D eigenvalue weighted by atomic mass is 16.3. The van der Waals surface area contributed by atoms with E-state index in [1.54, 1.807) is 24.3 Å². The lowest BCUT2D eigenvalue weighted by atomic mass is 10.1. The van der Waals surface area contributed by atoms with Gasteiger partial charge in [-0.25, -0.2) is 0 Å². The maximum Gasteiger partial charge on any atom is 0.241 e. The molecule has 0 aliphatic rings. The number of aliphatic hydroxyl groups excluding tert-OH is 1. The van der Waals surface area contributed by atoms with E-state index in [-0.39, 0.29) is 12.5 Å². The zero-order chi connectivity index (χ0) is 15.1. The van der Waals surface area contributed by atoms with Crippen LogP contribution >= 0.6 is 0 Å². The number of amides is 1. The molecule has 2 rings (SSSR count). The van der Waals surface area contributed by atoms with Gasteiger partial charge in [0.1, 0.15) is 0 Å². The third-order valence-corrected chi connectivity index (χ3v) is 3.33. The van der Waals surface area contributed by atoms with Gasteiger partial charge in [-0.05, 0) is 36.1 Å². The lowest BCUT2D eigenvalue weighted by Gasteiger charge is -2.12. The third kappa shape index (κ3) is 4.70. The largest absolute Gasteiger partial charge is 0.392 e. The number of hydrogen-bond donors (Lipinski definition) is 3. The van der Waals surface area contributed by atoms with Gasteiger partial charge in [0.25, 0.3) is 0 Å². The Balaban J connectivity index is 1.84. The molecular weight excluding hydrogens is 264 g/mol. The molecule has 0 saturated carbocycles. The number of carbonyl (C=O) groups is 1. The standard InChI is InChI=1S/C17H20N2O2/c18-16(11-8-13-4-2-1-3-5-13)17(21)19-15-9-6-14(12-20)7-10-15/h1-7,9-10,16,20H,8,11-12,18H2,(H,19,21)/t16-/m0/s1. The van der Waals surface area contributed by atoms with Crippen molar-refractivity contribution < 1.29 is 9.90 Å². The number of nitrogens with two attached hydrogens (primary N) is 1. The minimum absolute atomic E-state index is 0.00911. The molecule has 0 aliphatic carbocycles. The Hall–Kier alpha value is -2.17. The van der Waals surface area contributed by atoms with Gasteiger partial charge in [0, 0.05) is 5.69 Å². The van der Waals surface area contributed by atoms with Crippen LogP contribution in [0.3, 0.4) is 0 Å². The topological polar surface area (TPSA) is 75.4 Å². The SMILES string of the molecule is N[C@@H](CCc1ccccc1)C(=O)Nc1ccc(CO)cc1. The van der Waals surface area contributed by atoms with Gasteiger partial charge >= 0.3 is 0 Å². The van der Waals surface area contributed by atoms with Crippen LogP contribution in [0.2, 0.25) is 0 Å². The van der Waals surface area contributed by atoms with Crippen LogP contribution < -0.4 is 11.1 Å². The summed E-state index contributed by atoms with van der Waals surface area (Å²) in [5.74, 6) is -0.192. The van der Waals surface area contributed by atoms with E-state index >= 15 is 0 Å². The summed E-state index contributed by atoms with van der Waals surface area (Å²) in [5, 5.41) is 11.8. The van der Waals surface area contributed by atoms with Crippen LogP contribution in [-0.4, -0.2) is 17.1 Å². The van der Waals surface area contributed by atoms with Crippen LogP contribution in [-0.2, 0) is 17.8 Å². The second-order valence-electron chi connectivity index (χ2n) is 4.98. The fourth-order valence-corrected chi connectivity index (χ4v) is 2.03. The summed E-state index contributed by atoms with van der Waals surface area (Å²) < 4.78 is 0. The van der Waals surface area contributed by atoms with E-state index < -0.39 is 6.04 Å². The van der Waals surface area contributed by atoms with Crippen molar-refractivity contribution in [1.29, 1.82) is 0 Å². The molecule has 0 heterocycles. The average Bonchev–Trinajstić information content (AvgIpc) is 2.54. The summed E-state index contributed by atoms with van der Waals surface area (Å²) in [7, 11) is 0. The molecule has 1 atom stereocenters. The van der Waals surface area contributed by atoms with Crippen molar-refractivity contribution >= 4 is 11.6 Å². The summed E-state index contributed by atoms with van der Waals surface area (Å²) >= 11 is 0. The van der Waals surface area contributed by atoms with Crippen molar-refractivity contribution in [3.8, 4) is 0 Å². The number of benzene rings is 2. The molecule has 110 valence electrons. The summed E-state index contributed by atoms with van der Waals surface area (Å²) in [6, 6.07) is 16.5. The Labute approximate surface area is 124 Å². The predicted octanol–water partition coefficient (Wildman–Crippen LogP) is 2.08. The van der Waals surface area contributed by atoms with Crippen molar-refractivity contribution in [1.82, 2.24) is 0 Å². The zero-order valence-electron chi connectivity index (χ0n) is 11.8. The number of anilines is 1. The Morgan fingerprint density at radius 2 is 1.71 bits per heavy atom. The summed E-state index contributed by atoms with van der Waals surface area (Å²) in [6.07, 6.45) is 1.38. The number of rotatable bonds is 6. The molecule has 4 heteroatoms. The molecule has 0 spiro atoms. The molecule has 2 aromatic rings. The van der Waals surface area contributed by atoms with E-state index in [0.29, 0.717) is 12.1 Å². The van der Waals surface area contributed by atoms with Crippen LogP contribution in [0.4, 0.5) is 5.69 Å². The van der Waals surface area contributed by atoms with E-state index in [9.17, 15) is 4.79 Å². The van der Waals surface area contributed by atoms with E-state index in [2.05, 4.69) is 5.32 Å². The first-order chi connectivity index (χ1) is 10.2. The minimum atomic E-state index is -0.539. The van der Waals surface area contributed by atoms with Crippen molar-refractivity contribution in [2.24, 2.45) is 5.73 Å². The molecule has 0 unspecified atom stereocenters. The van der Waals surface area contributed by atoms with Gasteiger partial charge in [0.15, 0.2) is 0 Å². The Morgan fingerprint density at radius 3 is 2.33 bits per heavy atom. The van der Waals surface area contributed by atoms with Crippen LogP contribution in [0.5, 0.6) is 0 Å². The highest BCUT2D eigenvalue weighted by molar-refractivity contribution is 5.94. The molecule has 21 heavy (non-hydrogen) atoms. The van der Waals surface area contributed by atoms with Gasteiger partial charge in [-0.1, -0.05) is 42.5 Å². The van der Waals surface area contributed by atoms with Gasteiger partial charge < -0.3 is 16.2 Å². The van der Waals surface area contributed by atoms with E-state index in [4.69, 9.17) is 10.8 Å². The fourth-order valence-electron chi connectivity index (χ4n) is 2.03. The number of carbonyl (C=O) groups excluding carboxylic acids is 1. The number of hydrogen-bond acceptors (Lipinski definition) is 3. The Kier molecular flexibility index (Phi) is 5.49. The smallest absolute Gasteiger partial charge is 0.241 e. The van der Waals surface area contributed by atoms with Crippen LogP contribution in [0.1, 0.15) is 17.5 Å². The first kappa shape index (κ1) is 15.2. The van der Waals surface area contributed by atoms with Crippen LogP contribution in [0.15, 0.2) is 54.6 Å². The maximum absolute atomic E-state index is 12.0. The molecule has 0 radical (unpaired) electrons. The molecule has 0 bridgehead atoms. The van der Waals surface area contributed by atoms with Crippen molar-refractivity contribution in [3.05, 3.63) is 65.7 Å². The number of nitrogens with one attached hydrogen (secondary N) is 1. The van der Waals surface area contributed by atoms with Crippen LogP contribution in [0, 0.1) is 0 Å². The fraction of sp³-hybridized carbons (Fsp3) is 0.235. The van der Waals surface area contributed by atoms with E-state index in [1.807, 2.05) is 30.3 Å². The number of aryl methyl sites for hydroxylation is 1. The second kappa shape index (κ2) is 7.57. The van der Waals surface area contributed by atoms with Crippen LogP contribution in [0.25, 0.3) is 0 Å². The monoisotopic (exact) mass is 284 g/mol. The molecule has 4 nitrogen and oxygen atoms in total. The lowest BCUT2D eigenvalue weighted by Crippen LogP contribution is -2.36. The highest BCUT2D eigenvalue weighted by Crippen LogP contribution is 2.11. The number of aliphatic hydroxyl groups is 1. The van der Waals surface area contributed by atoms with Gasteiger partial charge in [0.2, 0.25) is 5.91 Å². The van der Waals surface area contributed by atoms with Crippen molar-refractivity contribution in [2.75, 3.05) is 5.32 Å². The molecule has 2 aromatic carbocycles. The molecule has 0 saturated heterocycles. The van der Waals surface area contributed by atoms with E-state index in [0.717, 1.165) is 12.0 Å². The quantitative estimate of drug-likeness (QED) is 0.760. The maximum atomic E-state index is 12.0. The summed E-state index contributed by atoms with van der Waals surface area (Å²) in [5.41, 5.74) is 8.59. The molecule has 0 aromatic heterocycles. The zero-order valence-corrected chi connectivity index (χ0v) is 11.8. The summed E-state index contributed by atoms with van der Waals surface area (Å²) in [4.78, 5) is 12.0. The average molecular weight is 284 g/mol. The predicted molar refractivity (Wildman–Crippen MR) is 83.7 cm³/mol. The second-order valence-corrected chi connectivity index (χ2v) is 4.98. The first-order valence-electron chi connectivity index (χ1n) is 6.99. The highest BCUT2D eigenvalue weighted by Gasteiger charge is 2.13. The molecule has 0 aliphatic heterocycles. The van der Waals surface area contributed by atoms with Crippen molar-refractivity contribution in [2.45, 2.75) is 25.5 Å². The van der Waals surface area contributed by atoms with E-state index in [1.165, 1.54) is 5.56 Å². The first-order valence-corrected chi connectivity index (χ1v) is 6.99. The van der Waals surface area contributed by atoms with Gasteiger partial charge in [-0.15, -0.1) is 0 Å². The minimum Gasteiger partial charge on any atom is -0.392 e. The lowest BCUT2D eigenvalue weighted by molar-refractivity contribution is -0.117. The third-order valence-electron chi connectivity index (χ3n) is 3.33. The summed E-state index contributed by atoms with van der Waals surface area (Å²) in [6.45, 7) is -0.00911. The Bertz CT molecular complexity index is 567. The molecule has 4 N–H and O–H groups in total. The van der Waals surface area contributed by atoms with Gasteiger partial charge in [-0.2, -0.15) is 0 Å². The molecule has 0 fully saturated rings. The molecular formula is C17H20N2O2. The van der Waals surface area contributed by atoms with Gasteiger partial charge in [0.05, 0.1) is 12.6 Å². The molecule has 1 amide bonds. The Morgan fingerprint density at radius 1 is 1.05 bits per heavy atom. The van der Waals surface area contributed by atoms with Crippen molar-refractivity contribution in [3.63, 3.8) is 0 Å². The van der Waals surface area contributed by atoms with Gasteiger partial charge in [-0.3, -0.25) is 4.79 Å².